The van der Waals surface area contributed by atoms with Crippen molar-refractivity contribution in [3.8, 4) is 0 Å². The Hall–Kier alpha value is -1.67. The van der Waals surface area contributed by atoms with E-state index in [1.54, 1.807) is 6.92 Å². The summed E-state index contributed by atoms with van der Waals surface area (Å²) in [4.78, 5) is 33.8. The van der Waals surface area contributed by atoms with Crippen molar-refractivity contribution in [3.63, 3.8) is 0 Å². The van der Waals surface area contributed by atoms with Gasteiger partial charge in [-0.05, 0) is 19.9 Å². The molecule has 1 heterocycles. The van der Waals surface area contributed by atoms with Gasteiger partial charge in [-0.25, -0.2) is 0 Å². The van der Waals surface area contributed by atoms with Crippen LogP contribution in [0, 0.1) is 5.41 Å². The van der Waals surface area contributed by atoms with Gasteiger partial charge in [-0.1, -0.05) is 0 Å². The smallest absolute Gasteiger partial charge is 0.326 e. The second-order valence-electron chi connectivity index (χ2n) is 3.94. The van der Waals surface area contributed by atoms with Gasteiger partial charge in [-0.15, -0.1) is 0 Å². The van der Waals surface area contributed by atoms with Crippen LogP contribution in [0.3, 0.4) is 0 Å². The van der Waals surface area contributed by atoms with Gasteiger partial charge in [0.15, 0.2) is 0 Å². The Labute approximate surface area is 103 Å². The average molecular weight is 261 g/mol. The van der Waals surface area contributed by atoms with E-state index in [4.69, 9.17) is 9.84 Å². The zero-order valence-corrected chi connectivity index (χ0v) is 9.75. The largest absolute Gasteiger partial charge is 0.480 e. The molecule has 0 bridgehead atoms. The third-order valence-electron chi connectivity index (χ3n) is 3.04. The lowest BCUT2D eigenvalue weighted by Gasteiger charge is -2.41. The number of carboxylic acids is 3. The van der Waals surface area contributed by atoms with Gasteiger partial charge in [-0.2, -0.15) is 0 Å². The van der Waals surface area contributed by atoms with E-state index in [2.05, 4.69) is 5.32 Å². The fraction of sp³-hybridized carbons (Fsp3) is 0.700. The summed E-state index contributed by atoms with van der Waals surface area (Å²) in [7, 11) is 0. The molecule has 1 rings (SSSR count). The third-order valence-corrected chi connectivity index (χ3v) is 3.04. The molecule has 2 unspecified atom stereocenters. The van der Waals surface area contributed by atoms with Crippen LogP contribution in [0.1, 0.15) is 13.3 Å². The molecule has 18 heavy (non-hydrogen) atoms. The number of rotatable bonds is 5. The molecule has 8 nitrogen and oxygen atoms in total. The zero-order chi connectivity index (χ0) is 13.9. The predicted octanol–water partition coefficient (Wildman–Crippen LogP) is -1.01. The second kappa shape index (κ2) is 5.32. The lowest BCUT2D eigenvalue weighted by atomic mass is 9.71. The number of hydrogen-bond donors (Lipinski definition) is 4. The quantitative estimate of drug-likeness (QED) is 0.463. The molecular formula is C10H15NO7. The van der Waals surface area contributed by atoms with Crippen LogP contribution in [0.4, 0.5) is 0 Å². The number of piperidine rings is 1. The van der Waals surface area contributed by atoms with Crippen LogP contribution in [0.2, 0.25) is 0 Å². The van der Waals surface area contributed by atoms with Crippen molar-refractivity contribution in [1.82, 2.24) is 5.32 Å². The molecule has 0 radical (unpaired) electrons. The van der Waals surface area contributed by atoms with Gasteiger partial charge in [0.05, 0.1) is 6.10 Å². The molecule has 0 aromatic heterocycles. The SMILES string of the molecule is CCOC1CCNC(C(=O)O)C1(C(=O)O)C(=O)O. The number of carboxylic acid groups (broad SMARTS) is 3. The van der Waals surface area contributed by atoms with Crippen molar-refractivity contribution < 1.29 is 34.4 Å². The monoisotopic (exact) mass is 261 g/mol. The number of ether oxygens (including phenoxy) is 1. The standard InChI is InChI=1S/C10H15NO7/c1-2-18-5-3-4-11-6(7(12)13)10(5,8(14)15)9(16)17/h5-6,11H,2-4H2,1H3,(H,12,13)(H,14,15)(H,16,17). The molecule has 1 fully saturated rings. The van der Waals surface area contributed by atoms with Gasteiger partial charge < -0.3 is 25.4 Å². The Bertz CT molecular complexity index is 351. The maximum atomic E-state index is 11.4. The van der Waals surface area contributed by atoms with Crippen LogP contribution in [0.5, 0.6) is 0 Å². The van der Waals surface area contributed by atoms with Crippen LogP contribution in [0.15, 0.2) is 0 Å². The summed E-state index contributed by atoms with van der Waals surface area (Å²) in [6.07, 6.45) is -1.06. The first-order chi connectivity index (χ1) is 8.38. The fourth-order valence-corrected chi connectivity index (χ4v) is 2.25. The summed E-state index contributed by atoms with van der Waals surface area (Å²) in [5.41, 5.74) is -2.51. The molecule has 0 aromatic rings. The molecule has 0 saturated carbocycles. The zero-order valence-electron chi connectivity index (χ0n) is 9.75. The van der Waals surface area contributed by atoms with Crippen molar-refractivity contribution in [1.29, 1.82) is 0 Å². The summed E-state index contributed by atoms with van der Waals surface area (Å²) in [6, 6.07) is -1.72. The normalized spacial score (nSPS) is 26.5. The lowest BCUT2D eigenvalue weighted by Crippen LogP contribution is -2.68. The molecular weight excluding hydrogens is 246 g/mol. The number of hydrogen-bond acceptors (Lipinski definition) is 5. The summed E-state index contributed by atoms with van der Waals surface area (Å²) in [6.45, 7) is 1.88. The first-order valence-corrected chi connectivity index (χ1v) is 5.43. The fourth-order valence-electron chi connectivity index (χ4n) is 2.25. The Morgan fingerprint density at radius 3 is 2.22 bits per heavy atom. The van der Waals surface area contributed by atoms with Crippen molar-refractivity contribution in [2.24, 2.45) is 5.41 Å². The summed E-state index contributed by atoms with van der Waals surface area (Å²) in [5, 5.41) is 29.9. The van der Waals surface area contributed by atoms with Crippen molar-refractivity contribution >= 4 is 17.9 Å². The highest BCUT2D eigenvalue weighted by Gasteiger charge is 2.63. The maximum absolute atomic E-state index is 11.4. The van der Waals surface area contributed by atoms with E-state index in [1.165, 1.54) is 0 Å². The summed E-state index contributed by atoms with van der Waals surface area (Å²) < 4.78 is 5.14. The molecule has 2 atom stereocenters. The summed E-state index contributed by atoms with van der Waals surface area (Å²) in [5.74, 6) is -4.95. The van der Waals surface area contributed by atoms with Crippen LogP contribution >= 0.6 is 0 Å². The number of aliphatic carboxylic acids is 3. The van der Waals surface area contributed by atoms with Gasteiger partial charge in [0.1, 0.15) is 6.04 Å². The molecule has 1 aliphatic rings. The Kier molecular flexibility index (Phi) is 4.25. The van der Waals surface area contributed by atoms with E-state index < -0.39 is 35.5 Å². The highest BCUT2D eigenvalue weighted by Crippen LogP contribution is 2.35. The average Bonchev–Trinajstić information content (AvgIpc) is 2.28. The third kappa shape index (κ3) is 2.04. The van der Waals surface area contributed by atoms with E-state index in [9.17, 15) is 24.6 Å². The van der Waals surface area contributed by atoms with Gasteiger partial charge >= 0.3 is 17.9 Å². The van der Waals surface area contributed by atoms with E-state index in [-0.39, 0.29) is 19.6 Å². The van der Waals surface area contributed by atoms with Gasteiger partial charge in [0.2, 0.25) is 5.41 Å². The summed E-state index contributed by atoms with van der Waals surface area (Å²) >= 11 is 0. The first kappa shape index (κ1) is 14.4. The van der Waals surface area contributed by atoms with E-state index >= 15 is 0 Å². The number of carbonyl (C=O) groups is 3. The second-order valence-corrected chi connectivity index (χ2v) is 3.94. The van der Waals surface area contributed by atoms with Crippen LogP contribution < -0.4 is 5.32 Å². The lowest BCUT2D eigenvalue weighted by molar-refractivity contribution is -0.189. The molecule has 102 valence electrons. The van der Waals surface area contributed by atoms with Gasteiger partial charge in [0.25, 0.3) is 0 Å². The molecule has 0 aromatic carbocycles. The van der Waals surface area contributed by atoms with Crippen LogP contribution in [0.25, 0.3) is 0 Å². The molecule has 8 heteroatoms. The predicted molar refractivity (Wildman–Crippen MR) is 57.2 cm³/mol. The molecule has 4 N–H and O–H groups in total. The van der Waals surface area contributed by atoms with Crippen LogP contribution in [-0.4, -0.2) is 58.5 Å². The van der Waals surface area contributed by atoms with Crippen molar-refractivity contribution in [2.45, 2.75) is 25.5 Å². The highest BCUT2D eigenvalue weighted by atomic mass is 16.5. The van der Waals surface area contributed by atoms with E-state index in [0.29, 0.717) is 0 Å². The van der Waals surface area contributed by atoms with E-state index in [0.717, 1.165) is 0 Å². The minimum Gasteiger partial charge on any atom is -0.480 e. The molecule has 0 amide bonds. The Balaban J connectivity index is 3.31. The van der Waals surface area contributed by atoms with E-state index in [1.807, 2.05) is 0 Å². The Morgan fingerprint density at radius 2 is 1.83 bits per heavy atom. The number of nitrogens with one attached hydrogen (secondary N) is 1. The minimum atomic E-state index is -2.51. The van der Waals surface area contributed by atoms with Gasteiger partial charge in [-0.3, -0.25) is 14.4 Å². The minimum absolute atomic E-state index is 0.110. The van der Waals surface area contributed by atoms with Gasteiger partial charge in [0, 0.05) is 6.61 Å². The molecule has 0 spiro atoms. The molecule has 1 aliphatic heterocycles. The molecule has 1 saturated heterocycles. The van der Waals surface area contributed by atoms with Crippen molar-refractivity contribution in [3.05, 3.63) is 0 Å². The molecule has 0 aliphatic carbocycles. The first-order valence-electron chi connectivity index (χ1n) is 5.43. The topological polar surface area (TPSA) is 133 Å². The maximum Gasteiger partial charge on any atom is 0.326 e. The highest BCUT2D eigenvalue weighted by molar-refractivity contribution is 6.04. The van der Waals surface area contributed by atoms with Crippen molar-refractivity contribution in [2.75, 3.05) is 13.2 Å². The Morgan fingerprint density at radius 1 is 1.28 bits per heavy atom. The van der Waals surface area contributed by atoms with Crippen LogP contribution in [-0.2, 0) is 19.1 Å².